The third-order valence-corrected chi connectivity index (χ3v) is 7.10. The molecule has 3 rings (SSSR count). The van der Waals surface area contributed by atoms with Gasteiger partial charge in [0.25, 0.3) is 11.1 Å². The highest BCUT2D eigenvalue weighted by atomic mass is 35.5. The van der Waals surface area contributed by atoms with Gasteiger partial charge in [0.2, 0.25) is 15.0 Å². The van der Waals surface area contributed by atoms with Gasteiger partial charge in [-0.05, 0) is 42.8 Å². The van der Waals surface area contributed by atoms with E-state index < -0.39 is 26.9 Å². The van der Waals surface area contributed by atoms with Gasteiger partial charge in [0.15, 0.2) is 11.5 Å². The van der Waals surface area contributed by atoms with Crippen LogP contribution in [-0.2, 0) is 14.6 Å². The Bertz CT molecular complexity index is 1480. The van der Waals surface area contributed by atoms with Crippen molar-refractivity contribution in [3.05, 3.63) is 64.2 Å². The molecule has 1 heterocycles. The number of benzene rings is 2. The minimum atomic E-state index is -3.63. The molecule has 0 aliphatic carbocycles. The number of anilines is 1. The number of nitrogens with zero attached hydrogens (tertiary/aromatic N) is 3. The molecule has 0 bridgehead atoms. The lowest BCUT2D eigenvalue weighted by atomic mass is 10.1. The van der Waals surface area contributed by atoms with E-state index in [0.717, 1.165) is 0 Å². The summed E-state index contributed by atoms with van der Waals surface area (Å²) in [6, 6.07) is 12.7. The number of carbonyl (C=O) groups excluding carboxylic acids is 2. The average Bonchev–Trinajstić information content (AvgIpc) is 3.33. The zero-order chi connectivity index (χ0) is 26.3. The van der Waals surface area contributed by atoms with Crippen molar-refractivity contribution in [2.24, 2.45) is 0 Å². The van der Waals surface area contributed by atoms with Crippen molar-refractivity contribution in [1.82, 2.24) is 9.36 Å². The summed E-state index contributed by atoms with van der Waals surface area (Å²) >= 11 is 6.74. The number of carbonyl (C=O) groups is 2. The molecule has 13 heteroatoms. The molecule has 0 aliphatic heterocycles. The van der Waals surface area contributed by atoms with E-state index in [-0.39, 0.29) is 45.1 Å². The number of amides is 1. The summed E-state index contributed by atoms with van der Waals surface area (Å²) in [6.07, 6.45) is 1.29. The van der Waals surface area contributed by atoms with Crippen LogP contribution in [0.3, 0.4) is 0 Å². The molecule has 0 unspecified atom stereocenters. The van der Waals surface area contributed by atoms with E-state index in [2.05, 4.69) is 14.7 Å². The molecule has 0 saturated heterocycles. The second kappa shape index (κ2) is 11.8. The van der Waals surface area contributed by atoms with E-state index in [0.29, 0.717) is 17.1 Å². The fourth-order valence-corrected chi connectivity index (χ4v) is 4.54. The van der Waals surface area contributed by atoms with Crippen LogP contribution in [-0.4, -0.2) is 42.0 Å². The molecule has 0 radical (unpaired) electrons. The molecule has 1 N–H and O–H groups in total. The van der Waals surface area contributed by atoms with Crippen LogP contribution < -0.4 is 14.8 Å². The SMILES string of the molecule is CCOc1cc(/C=C(/C#N)C(=O)Nc2nc(S(=O)(=O)CC)ns2)ccc1OC(=O)c1ccccc1Cl. The second-order valence-electron chi connectivity index (χ2n) is 6.92. The van der Waals surface area contributed by atoms with E-state index in [1.165, 1.54) is 37.3 Å². The Morgan fingerprint density at radius 3 is 2.61 bits per heavy atom. The number of esters is 1. The molecule has 3 aromatic rings. The zero-order valence-corrected chi connectivity index (χ0v) is 21.4. The van der Waals surface area contributed by atoms with Crippen molar-refractivity contribution in [1.29, 1.82) is 5.26 Å². The molecule has 0 saturated carbocycles. The van der Waals surface area contributed by atoms with E-state index >= 15 is 0 Å². The topological polar surface area (TPSA) is 148 Å². The van der Waals surface area contributed by atoms with Crippen LogP contribution in [0.15, 0.2) is 53.2 Å². The first-order valence-electron chi connectivity index (χ1n) is 10.4. The fourth-order valence-electron chi connectivity index (χ4n) is 2.74. The zero-order valence-electron chi connectivity index (χ0n) is 19.0. The summed E-state index contributed by atoms with van der Waals surface area (Å²) in [7, 11) is -3.63. The van der Waals surface area contributed by atoms with Crippen LogP contribution in [0.1, 0.15) is 29.8 Å². The minimum absolute atomic E-state index is 0.0648. The Morgan fingerprint density at radius 2 is 1.94 bits per heavy atom. The molecule has 0 spiro atoms. The number of ether oxygens (including phenoxy) is 2. The maximum Gasteiger partial charge on any atom is 0.345 e. The highest BCUT2D eigenvalue weighted by Crippen LogP contribution is 2.31. The Morgan fingerprint density at radius 1 is 1.19 bits per heavy atom. The smallest absolute Gasteiger partial charge is 0.345 e. The van der Waals surface area contributed by atoms with Gasteiger partial charge in [0.1, 0.15) is 11.6 Å². The van der Waals surface area contributed by atoms with Gasteiger partial charge >= 0.3 is 5.97 Å². The van der Waals surface area contributed by atoms with E-state index in [1.807, 2.05) is 0 Å². The molecular weight excluding hydrogens is 528 g/mol. The number of halogens is 1. The van der Waals surface area contributed by atoms with Crippen molar-refractivity contribution in [3.8, 4) is 17.6 Å². The number of hydrogen-bond donors (Lipinski definition) is 1. The molecular formula is C23H19ClN4O6S2. The normalized spacial score (nSPS) is 11.4. The molecule has 0 aliphatic rings. The van der Waals surface area contributed by atoms with Crippen LogP contribution in [0.2, 0.25) is 5.02 Å². The second-order valence-corrected chi connectivity index (χ2v) is 10.2. The first kappa shape index (κ1) is 26.8. The Kier molecular flexibility index (Phi) is 8.76. The Balaban J connectivity index is 1.82. The minimum Gasteiger partial charge on any atom is -0.490 e. The van der Waals surface area contributed by atoms with Crippen molar-refractivity contribution in [3.63, 3.8) is 0 Å². The van der Waals surface area contributed by atoms with Crippen molar-refractivity contribution >= 4 is 56.1 Å². The Labute approximate surface area is 216 Å². The lowest BCUT2D eigenvalue weighted by Crippen LogP contribution is -2.14. The van der Waals surface area contributed by atoms with Crippen LogP contribution >= 0.6 is 23.1 Å². The molecule has 1 aromatic heterocycles. The standard InChI is InChI=1S/C23H19ClN4O6S2/c1-3-33-19-12-14(9-10-18(19)34-21(30)16-7-5-6-8-17(16)24)11-15(13-25)20(29)26-22-27-23(28-35-22)36(31,32)4-2/h5-12H,3-4H2,1-2H3,(H,26,27,28,29)/b15-11-. The van der Waals surface area contributed by atoms with E-state index in [1.54, 1.807) is 31.2 Å². The summed E-state index contributed by atoms with van der Waals surface area (Å²) in [4.78, 5) is 28.9. The largest absolute Gasteiger partial charge is 0.490 e. The number of hydrogen-bond acceptors (Lipinski definition) is 10. The van der Waals surface area contributed by atoms with Gasteiger partial charge in [-0.25, -0.2) is 13.2 Å². The summed E-state index contributed by atoms with van der Waals surface area (Å²) in [5, 5.41) is 11.6. The molecule has 0 atom stereocenters. The highest BCUT2D eigenvalue weighted by molar-refractivity contribution is 7.91. The van der Waals surface area contributed by atoms with Gasteiger partial charge in [-0.1, -0.05) is 36.7 Å². The number of nitriles is 1. The number of rotatable bonds is 9. The van der Waals surface area contributed by atoms with Gasteiger partial charge in [-0.15, -0.1) is 0 Å². The van der Waals surface area contributed by atoms with Gasteiger partial charge < -0.3 is 9.47 Å². The van der Waals surface area contributed by atoms with Crippen LogP contribution in [0.5, 0.6) is 11.5 Å². The predicted molar refractivity (Wildman–Crippen MR) is 134 cm³/mol. The molecule has 36 heavy (non-hydrogen) atoms. The van der Waals surface area contributed by atoms with Crippen molar-refractivity contribution in [2.75, 3.05) is 17.7 Å². The van der Waals surface area contributed by atoms with E-state index in [4.69, 9.17) is 21.1 Å². The third-order valence-electron chi connectivity index (χ3n) is 4.53. The maximum atomic E-state index is 12.6. The fraction of sp³-hybridized carbons (Fsp3) is 0.174. The summed E-state index contributed by atoms with van der Waals surface area (Å²) < 4.78 is 38.5. The first-order chi connectivity index (χ1) is 17.2. The monoisotopic (exact) mass is 546 g/mol. The van der Waals surface area contributed by atoms with Gasteiger partial charge in [0, 0.05) is 11.5 Å². The molecule has 186 valence electrons. The Hall–Kier alpha value is -3.79. The molecule has 1 amide bonds. The van der Waals surface area contributed by atoms with Crippen LogP contribution in [0, 0.1) is 11.3 Å². The highest BCUT2D eigenvalue weighted by Gasteiger charge is 2.20. The van der Waals surface area contributed by atoms with Gasteiger partial charge in [-0.2, -0.15) is 14.6 Å². The van der Waals surface area contributed by atoms with Crippen LogP contribution in [0.4, 0.5) is 5.13 Å². The molecule has 2 aromatic carbocycles. The van der Waals surface area contributed by atoms with Crippen molar-refractivity contribution in [2.45, 2.75) is 19.0 Å². The number of sulfone groups is 1. The lowest BCUT2D eigenvalue weighted by molar-refractivity contribution is -0.112. The lowest BCUT2D eigenvalue weighted by Gasteiger charge is -2.12. The quantitative estimate of drug-likeness (QED) is 0.181. The number of nitrogens with one attached hydrogen (secondary N) is 1. The maximum absolute atomic E-state index is 12.6. The third kappa shape index (κ3) is 6.45. The molecule has 10 nitrogen and oxygen atoms in total. The number of aromatic nitrogens is 2. The summed E-state index contributed by atoms with van der Waals surface area (Å²) in [5.74, 6) is -1.33. The van der Waals surface area contributed by atoms with E-state index in [9.17, 15) is 23.3 Å². The average molecular weight is 547 g/mol. The van der Waals surface area contributed by atoms with Gasteiger partial charge in [0.05, 0.1) is 22.9 Å². The molecule has 0 fully saturated rings. The van der Waals surface area contributed by atoms with Gasteiger partial charge in [-0.3, -0.25) is 10.1 Å². The first-order valence-corrected chi connectivity index (χ1v) is 13.2. The van der Waals surface area contributed by atoms with Crippen LogP contribution in [0.25, 0.3) is 6.08 Å². The van der Waals surface area contributed by atoms with Crippen molar-refractivity contribution < 1.29 is 27.5 Å². The summed E-state index contributed by atoms with van der Waals surface area (Å²) in [5.41, 5.74) is 0.308. The predicted octanol–water partition coefficient (Wildman–Crippen LogP) is 4.15. The summed E-state index contributed by atoms with van der Waals surface area (Å²) in [6.45, 7) is 3.45.